The number of nitrogens with zero attached hydrogens (tertiary/aromatic N) is 4. The monoisotopic (exact) mass is 786 g/mol. The fourth-order valence-corrected chi connectivity index (χ4v) is 4.74. The number of hydrazone groups is 4. The van der Waals surface area contributed by atoms with E-state index in [4.69, 9.17) is 44.6 Å². The number of guanidine groups is 4. The lowest BCUT2D eigenvalue weighted by molar-refractivity contribution is 0.102. The van der Waals surface area contributed by atoms with E-state index in [0.29, 0.717) is 60.9 Å². The summed E-state index contributed by atoms with van der Waals surface area (Å²) in [4.78, 5) is 27.3. The molecule has 0 aliphatic rings. The van der Waals surface area contributed by atoms with E-state index in [1.807, 2.05) is 0 Å². The zero-order valence-electron chi connectivity index (χ0n) is 29.0. The number of halogens is 1. The van der Waals surface area contributed by atoms with Crippen molar-refractivity contribution in [2.75, 3.05) is 10.6 Å². The molecule has 0 heterocycles. The molecule has 3 rings (SSSR count). The highest BCUT2D eigenvalue weighted by Gasteiger charge is 2.17. The van der Waals surface area contributed by atoms with Crippen LogP contribution in [0.1, 0.15) is 70.7 Å². The lowest BCUT2D eigenvalue weighted by atomic mass is 10.0. The van der Waals surface area contributed by atoms with Crippen LogP contribution in [-0.2, 0) is 0 Å². The van der Waals surface area contributed by atoms with Crippen molar-refractivity contribution in [3.8, 4) is 0 Å². The standard InChI is InChI=1S/C32H39BrN18O2/c1-14(44-48-29(34)35)19-7-20(15(2)45-49-30(36)37)10-23(9-19)42-27(52)18-5-6-26(33)25(13-18)28(53)43-24-11-21(16(3)46-50-31(38)39)8-22(12-24)17(4)47-51-32(40)41/h5-13H,1-4H3,(H,42,52)(H,43,53)(H4,34,35,48)(H4,36,37,49)(H4,38,39,50)(H4,40,41,51)/b44-14-,45-15-,46-16-,47-17+. The number of carbonyl (C=O) groups excluding carboxylic acids is 2. The quantitative estimate of drug-likeness (QED) is 0.0717. The maximum absolute atomic E-state index is 13.7. The SMILES string of the molecule is C/C(=N/NC(=N)N)c1cc(NC(=O)c2ccc(Br)c(C(=O)Nc3cc(/C(C)=N\NC(=N)N)cc(/C(C)=N/NC(=N)N)c3)c2)cc(/C(C)=N\NC(=N)N)c1. The molecule has 0 saturated carbocycles. The van der Waals surface area contributed by atoms with E-state index in [-0.39, 0.29) is 35.0 Å². The van der Waals surface area contributed by atoms with Gasteiger partial charge in [0.15, 0.2) is 0 Å². The van der Waals surface area contributed by atoms with Gasteiger partial charge in [0, 0.05) is 43.7 Å². The summed E-state index contributed by atoms with van der Waals surface area (Å²) in [5.41, 5.74) is 36.0. The molecule has 0 bridgehead atoms. The average molecular weight is 788 g/mol. The minimum Gasteiger partial charge on any atom is -0.369 e. The Kier molecular flexibility index (Phi) is 13.8. The molecule has 21 heteroatoms. The van der Waals surface area contributed by atoms with Crippen molar-refractivity contribution in [2.45, 2.75) is 27.7 Å². The fourth-order valence-electron chi connectivity index (χ4n) is 4.31. The first kappa shape index (κ1) is 40.3. The molecule has 276 valence electrons. The van der Waals surface area contributed by atoms with E-state index in [1.54, 1.807) is 70.2 Å². The van der Waals surface area contributed by atoms with Gasteiger partial charge >= 0.3 is 0 Å². The smallest absolute Gasteiger partial charge is 0.256 e. The number of hydrogen-bond acceptors (Lipinski definition) is 10. The minimum atomic E-state index is -0.554. The summed E-state index contributed by atoms with van der Waals surface area (Å²) in [7, 11) is 0. The molecule has 18 N–H and O–H groups in total. The number of nitrogens with one attached hydrogen (secondary N) is 10. The number of benzene rings is 3. The molecular formula is C32H39BrN18O2. The van der Waals surface area contributed by atoms with Crippen LogP contribution < -0.4 is 55.3 Å². The summed E-state index contributed by atoms with van der Waals surface area (Å²) < 4.78 is 0.411. The molecule has 0 aromatic heterocycles. The minimum absolute atomic E-state index is 0.142. The van der Waals surface area contributed by atoms with Crippen LogP contribution >= 0.6 is 15.9 Å². The molecule has 0 unspecified atom stereocenters. The van der Waals surface area contributed by atoms with Crippen molar-refractivity contribution in [3.63, 3.8) is 0 Å². The van der Waals surface area contributed by atoms with Crippen molar-refractivity contribution in [1.82, 2.24) is 21.7 Å². The van der Waals surface area contributed by atoms with Gasteiger partial charge in [-0.05, 0) is 98.2 Å². The van der Waals surface area contributed by atoms with Crippen LogP contribution in [0.3, 0.4) is 0 Å². The van der Waals surface area contributed by atoms with Gasteiger partial charge in [-0.3, -0.25) is 31.2 Å². The molecule has 0 spiro atoms. The second-order valence-corrected chi connectivity index (χ2v) is 11.9. The lowest BCUT2D eigenvalue weighted by Crippen LogP contribution is -2.27. The first-order valence-electron chi connectivity index (χ1n) is 15.2. The normalized spacial score (nSPS) is 11.9. The molecule has 53 heavy (non-hydrogen) atoms. The van der Waals surface area contributed by atoms with E-state index in [1.165, 1.54) is 12.1 Å². The Bertz CT molecular complexity index is 2000. The molecule has 0 fully saturated rings. The highest BCUT2D eigenvalue weighted by molar-refractivity contribution is 9.10. The average Bonchev–Trinajstić information content (AvgIpc) is 3.10. The van der Waals surface area contributed by atoms with Crippen molar-refractivity contribution >= 4 is 85.8 Å². The zero-order chi connectivity index (χ0) is 39.4. The summed E-state index contributed by atoms with van der Waals surface area (Å²) in [6, 6.07) is 14.6. The van der Waals surface area contributed by atoms with E-state index in [9.17, 15) is 9.59 Å². The Morgan fingerprint density at radius 2 is 0.830 bits per heavy atom. The molecule has 0 atom stereocenters. The molecule has 2 amide bonds. The Morgan fingerprint density at radius 1 is 0.509 bits per heavy atom. The first-order chi connectivity index (χ1) is 24.9. The Hall–Kier alpha value is -7.16. The molecule has 0 aliphatic heterocycles. The van der Waals surface area contributed by atoms with Crippen LogP contribution in [0.5, 0.6) is 0 Å². The van der Waals surface area contributed by atoms with Crippen LogP contribution in [-0.4, -0.2) is 58.5 Å². The van der Waals surface area contributed by atoms with Crippen LogP contribution in [0.15, 0.2) is 79.5 Å². The van der Waals surface area contributed by atoms with Crippen molar-refractivity contribution in [1.29, 1.82) is 21.6 Å². The first-order valence-corrected chi connectivity index (χ1v) is 16.0. The third kappa shape index (κ3) is 12.3. The number of nitrogens with two attached hydrogens (primary N) is 4. The van der Waals surface area contributed by atoms with Gasteiger partial charge in [0.05, 0.1) is 28.4 Å². The molecule has 20 nitrogen and oxygen atoms in total. The predicted molar refractivity (Wildman–Crippen MR) is 212 cm³/mol. The second kappa shape index (κ2) is 18.2. The lowest BCUT2D eigenvalue weighted by Gasteiger charge is -2.14. The van der Waals surface area contributed by atoms with Gasteiger partial charge in [0.25, 0.3) is 11.8 Å². The van der Waals surface area contributed by atoms with Gasteiger partial charge in [-0.2, -0.15) is 20.4 Å². The zero-order valence-corrected chi connectivity index (χ0v) is 30.6. The number of hydrogen-bond donors (Lipinski definition) is 14. The topological polar surface area (TPSA) is 355 Å². The molecule has 3 aromatic carbocycles. The summed E-state index contributed by atoms with van der Waals surface area (Å²) in [6.45, 7) is 6.69. The number of carbonyl (C=O) groups is 2. The van der Waals surface area contributed by atoms with Crippen LogP contribution in [0.4, 0.5) is 11.4 Å². The van der Waals surface area contributed by atoms with Gasteiger partial charge in [-0.25, -0.2) is 21.7 Å². The summed E-state index contributed by atoms with van der Waals surface area (Å²) >= 11 is 3.41. The highest BCUT2D eigenvalue weighted by atomic mass is 79.9. The number of amides is 2. The van der Waals surface area contributed by atoms with E-state index >= 15 is 0 Å². The number of rotatable bonds is 12. The maximum atomic E-state index is 13.7. The molecule has 0 radical (unpaired) electrons. The molecular weight excluding hydrogens is 748 g/mol. The van der Waals surface area contributed by atoms with Crippen molar-refractivity contribution < 1.29 is 9.59 Å². The van der Waals surface area contributed by atoms with E-state index < -0.39 is 11.8 Å². The third-order valence-corrected chi connectivity index (χ3v) is 7.59. The van der Waals surface area contributed by atoms with Crippen LogP contribution in [0.2, 0.25) is 0 Å². The number of anilines is 2. The highest BCUT2D eigenvalue weighted by Crippen LogP contribution is 2.24. The molecule has 0 saturated heterocycles. The second-order valence-electron chi connectivity index (χ2n) is 11.1. The molecule has 3 aromatic rings. The summed E-state index contributed by atoms with van der Waals surface area (Å²) in [6.07, 6.45) is 0. The van der Waals surface area contributed by atoms with Crippen molar-refractivity contribution in [2.24, 2.45) is 43.3 Å². The van der Waals surface area contributed by atoms with Gasteiger partial charge < -0.3 is 33.6 Å². The van der Waals surface area contributed by atoms with Gasteiger partial charge in [-0.1, -0.05) is 0 Å². The van der Waals surface area contributed by atoms with Crippen LogP contribution in [0.25, 0.3) is 0 Å². The largest absolute Gasteiger partial charge is 0.369 e. The van der Waals surface area contributed by atoms with Crippen molar-refractivity contribution in [3.05, 3.63) is 92.5 Å². The maximum Gasteiger partial charge on any atom is 0.256 e. The van der Waals surface area contributed by atoms with E-state index in [0.717, 1.165) is 0 Å². The Morgan fingerprint density at radius 3 is 1.15 bits per heavy atom. The van der Waals surface area contributed by atoms with Gasteiger partial charge in [0.1, 0.15) is 0 Å². The Balaban J connectivity index is 1.99. The summed E-state index contributed by atoms with van der Waals surface area (Å²) in [5.74, 6) is -2.55. The Labute approximate surface area is 312 Å². The molecule has 0 aliphatic carbocycles. The van der Waals surface area contributed by atoms with Crippen LogP contribution in [0, 0.1) is 21.6 Å². The van der Waals surface area contributed by atoms with Gasteiger partial charge in [-0.15, -0.1) is 0 Å². The fraction of sp³-hybridized carbons (Fsp3) is 0.125. The predicted octanol–water partition coefficient (Wildman–Crippen LogP) is 1.78. The summed E-state index contributed by atoms with van der Waals surface area (Å²) in [5, 5.41) is 51.6. The van der Waals surface area contributed by atoms with E-state index in [2.05, 4.69) is 68.7 Å². The van der Waals surface area contributed by atoms with Gasteiger partial charge in [0.2, 0.25) is 23.8 Å². The third-order valence-electron chi connectivity index (χ3n) is 6.90.